The van der Waals surface area contributed by atoms with Gasteiger partial charge in [-0.3, -0.25) is 0 Å². The largest absolute Gasteiger partial charge is 0.494 e. The van der Waals surface area contributed by atoms with Gasteiger partial charge in [-0.2, -0.15) is 0 Å². The number of imidazole rings is 1. The Kier molecular flexibility index (Phi) is 3.57. The molecule has 8 heteroatoms. The molecule has 0 atom stereocenters. The fraction of sp³-hybridized carbons (Fsp3) is 0.214. The molecule has 3 aromatic rings. The molecule has 2 aromatic heterocycles. The van der Waals surface area contributed by atoms with Crippen LogP contribution in [0.1, 0.15) is 5.56 Å². The predicted molar refractivity (Wildman–Crippen MR) is 85.4 cm³/mol. The first-order valence-electron chi connectivity index (χ1n) is 6.98. The van der Waals surface area contributed by atoms with Crippen LogP contribution < -0.4 is 5.46 Å². The third-order valence-corrected chi connectivity index (χ3v) is 3.94. The fourth-order valence-corrected chi connectivity index (χ4v) is 2.72. The van der Waals surface area contributed by atoms with Gasteiger partial charge in [-0.25, -0.2) is 15.0 Å². The van der Waals surface area contributed by atoms with Gasteiger partial charge in [-0.05, 0) is 11.0 Å². The third-order valence-electron chi connectivity index (χ3n) is 3.61. The van der Waals surface area contributed by atoms with Crippen molar-refractivity contribution in [2.45, 2.75) is 11.6 Å². The number of hydrogen-bond acceptors (Lipinski definition) is 6. The molecule has 4 rings (SSSR count). The molecule has 1 saturated heterocycles. The van der Waals surface area contributed by atoms with E-state index in [0.717, 1.165) is 22.2 Å². The zero-order chi connectivity index (χ0) is 14.9. The van der Waals surface area contributed by atoms with E-state index < -0.39 is 0 Å². The molecular weight excluding hydrogens is 299 g/mol. The van der Waals surface area contributed by atoms with Crippen molar-refractivity contribution in [3.05, 3.63) is 42.5 Å². The maximum absolute atomic E-state index is 5.49. The molecule has 1 aliphatic heterocycles. The van der Waals surface area contributed by atoms with Gasteiger partial charge in [0.15, 0.2) is 5.65 Å². The molecule has 0 bridgehead atoms. The minimum atomic E-state index is -0.234. The summed E-state index contributed by atoms with van der Waals surface area (Å²) in [4.78, 5) is 12.6. The number of rotatable bonds is 3. The lowest BCUT2D eigenvalue weighted by molar-refractivity contribution is 0.365. The van der Waals surface area contributed by atoms with E-state index in [9.17, 15) is 0 Å². The van der Waals surface area contributed by atoms with Gasteiger partial charge in [0, 0.05) is 0 Å². The van der Waals surface area contributed by atoms with Gasteiger partial charge >= 0.3 is 7.12 Å². The van der Waals surface area contributed by atoms with Crippen molar-refractivity contribution in [2.24, 2.45) is 0 Å². The SMILES string of the molecule is Sc1ncnc2c1ncn2Cc1ccc(B2OCCO2)cc1. The van der Waals surface area contributed by atoms with E-state index in [2.05, 4.69) is 39.7 Å². The van der Waals surface area contributed by atoms with E-state index in [1.165, 1.54) is 6.33 Å². The monoisotopic (exact) mass is 312 g/mol. The summed E-state index contributed by atoms with van der Waals surface area (Å²) in [5.41, 5.74) is 3.69. The molecule has 6 nitrogen and oxygen atoms in total. The van der Waals surface area contributed by atoms with Gasteiger partial charge in [-0.15, -0.1) is 12.6 Å². The summed E-state index contributed by atoms with van der Waals surface area (Å²) >= 11 is 4.30. The second-order valence-corrected chi connectivity index (χ2v) is 5.48. The Bertz CT molecular complexity index is 802. The van der Waals surface area contributed by atoms with Gasteiger partial charge in [0.25, 0.3) is 0 Å². The number of benzene rings is 1. The van der Waals surface area contributed by atoms with Crippen LogP contribution in [0.25, 0.3) is 11.2 Å². The Morgan fingerprint density at radius 3 is 2.64 bits per heavy atom. The van der Waals surface area contributed by atoms with Crippen LogP contribution >= 0.6 is 12.6 Å². The van der Waals surface area contributed by atoms with Crippen LogP contribution in [-0.2, 0) is 15.9 Å². The molecular formula is C14H13BN4O2S. The van der Waals surface area contributed by atoms with E-state index in [0.29, 0.717) is 24.8 Å². The molecule has 1 aromatic carbocycles. The summed E-state index contributed by atoms with van der Waals surface area (Å²) in [6.07, 6.45) is 3.26. The molecule has 0 N–H and O–H groups in total. The minimum absolute atomic E-state index is 0.234. The van der Waals surface area contributed by atoms with Crippen LogP contribution in [-0.4, -0.2) is 39.9 Å². The summed E-state index contributed by atoms with van der Waals surface area (Å²) in [6.45, 7) is 1.99. The van der Waals surface area contributed by atoms with Gasteiger partial charge in [0.2, 0.25) is 0 Å². The first-order chi connectivity index (χ1) is 10.8. The Balaban J connectivity index is 1.58. The van der Waals surface area contributed by atoms with Gasteiger partial charge in [-0.1, -0.05) is 24.3 Å². The quantitative estimate of drug-likeness (QED) is 0.442. The van der Waals surface area contributed by atoms with Gasteiger partial charge < -0.3 is 13.9 Å². The first kappa shape index (κ1) is 13.7. The fourth-order valence-electron chi connectivity index (χ4n) is 2.51. The van der Waals surface area contributed by atoms with Crippen LogP contribution in [0, 0.1) is 0 Å². The van der Waals surface area contributed by atoms with E-state index in [-0.39, 0.29) is 7.12 Å². The topological polar surface area (TPSA) is 62.1 Å². The zero-order valence-corrected chi connectivity index (χ0v) is 12.6. The zero-order valence-electron chi connectivity index (χ0n) is 11.7. The summed E-state index contributed by atoms with van der Waals surface area (Å²) in [5.74, 6) is 0. The Morgan fingerprint density at radius 2 is 1.86 bits per heavy atom. The second kappa shape index (κ2) is 5.71. The van der Waals surface area contributed by atoms with Crippen molar-refractivity contribution >= 4 is 36.4 Å². The molecule has 1 fully saturated rings. The lowest BCUT2D eigenvalue weighted by atomic mass is 9.79. The van der Waals surface area contributed by atoms with Crippen molar-refractivity contribution in [2.75, 3.05) is 13.2 Å². The average molecular weight is 312 g/mol. The van der Waals surface area contributed by atoms with Crippen LogP contribution in [0.5, 0.6) is 0 Å². The smallest absolute Gasteiger partial charge is 0.405 e. The molecule has 0 saturated carbocycles. The molecule has 110 valence electrons. The molecule has 0 amide bonds. The standard InChI is InChI=1S/C14H13BN4O2S/c22-14-12-13(16-8-17-14)19(9-18-12)7-10-1-3-11(4-2-10)15-20-5-6-21-15/h1-4,8-9H,5-7H2,(H,16,17,22). The minimum Gasteiger partial charge on any atom is -0.405 e. The highest BCUT2D eigenvalue weighted by atomic mass is 32.1. The summed E-state index contributed by atoms with van der Waals surface area (Å²) < 4.78 is 13.0. The number of aromatic nitrogens is 4. The van der Waals surface area contributed by atoms with Crippen molar-refractivity contribution in [3.63, 3.8) is 0 Å². The summed E-state index contributed by atoms with van der Waals surface area (Å²) in [6, 6.07) is 8.19. The number of nitrogens with zero attached hydrogens (tertiary/aromatic N) is 4. The highest BCUT2D eigenvalue weighted by Gasteiger charge is 2.25. The average Bonchev–Trinajstić information content (AvgIpc) is 3.19. The first-order valence-corrected chi connectivity index (χ1v) is 7.43. The molecule has 0 radical (unpaired) electrons. The Hall–Kier alpha value is -1.90. The third kappa shape index (κ3) is 2.49. The Morgan fingerprint density at radius 1 is 1.09 bits per heavy atom. The number of thiol groups is 1. The van der Waals surface area contributed by atoms with E-state index >= 15 is 0 Å². The van der Waals surface area contributed by atoms with E-state index in [1.807, 2.05) is 16.7 Å². The van der Waals surface area contributed by atoms with Crippen molar-refractivity contribution in [1.82, 2.24) is 19.5 Å². The van der Waals surface area contributed by atoms with Crippen LogP contribution in [0.2, 0.25) is 0 Å². The summed E-state index contributed by atoms with van der Waals surface area (Å²) in [5, 5.41) is 0.592. The lowest BCUT2D eigenvalue weighted by Crippen LogP contribution is -2.31. The lowest BCUT2D eigenvalue weighted by Gasteiger charge is -2.07. The van der Waals surface area contributed by atoms with E-state index in [4.69, 9.17) is 9.31 Å². The van der Waals surface area contributed by atoms with Crippen LogP contribution in [0.15, 0.2) is 41.9 Å². The molecule has 3 heterocycles. The highest BCUT2D eigenvalue weighted by molar-refractivity contribution is 7.80. The van der Waals surface area contributed by atoms with Crippen molar-refractivity contribution in [3.8, 4) is 0 Å². The summed E-state index contributed by atoms with van der Waals surface area (Å²) in [7, 11) is -0.234. The maximum atomic E-state index is 5.49. The van der Waals surface area contributed by atoms with Crippen LogP contribution in [0.3, 0.4) is 0 Å². The second-order valence-electron chi connectivity index (χ2n) is 5.06. The van der Waals surface area contributed by atoms with Gasteiger partial charge in [0.1, 0.15) is 16.9 Å². The van der Waals surface area contributed by atoms with Crippen molar-refractivity contribution < 1.29 is 9.31 Å². The van der Waals surface area contributed by atoms with Crippen molar-refractivity contribution in [1.29, 1.82) is 0 Å². The molecule has 0 unspecified atom stereocenters. The maximum Gasteiger partial charge on any atom is 0.494 e. The number of fused-ring (bicyclic) bond motifs is 1. The normalized spacial score (nSPS) is 14.9. The molecule has 1 aliphatic rings. The predicted octanol–water partition coefficient (Wildman–Crippen LogP) is 0.905. The van der Waals surface area contributed by atoms with E-state index in [1.54, 1.807) is 6.33 Å². The Labute approximate surface area is 133 Å². The molecule has 22 heavy (non-hydrogen) atoms. The molecule has 0 aliphatic carbocycles. The number of hydrogen-bond donors (Lipinski definition) is 1. The van der Waals surface area contributed by atoms with Crippen LogP contribution in [0.4, 0.5) is 0 Å². The highest BCUT2D eigenvalue weighted by Crippen LogP contribution is 2.16. The van der Waals surface area contributed by atoms with Gasteiger partial charge in [0.05, 0.1) is 26.1 Å². The molecule has 0 spiro atoms.